The third kappa shape index (κ3) is 2.44. The van der Waals surface area contributed by atoms with E-state index >= 15 is 0 Å². The summed E-state index contributed by atoms with van der Waals surface area (Å²) in [5, 5.41) is 0. The van der Waals surface area contributed by atoms with Crippen molar-refractivity contribution < 1.29 is 17.2 Å². The van der Waals surface area contributed by atoms with Crippen molar-refractivity contribution in [3.63, 3.8) is 0 Å². The second-order valence-corrected chi connectivity index (χ2v) is 7.56. The van der Waals surface area contributed by atoms with E-state index in [0.717, 1.165) is 18.6 Å². The Morgan fingerprint density at radius 1 is 1.35 bits per heavy atom. The van der Waals surface area contributed by atoms with Gasteiger partial charge in [-0.1, -0.05) is 0 Å². The highest BCUT2D eigenvalue weighted by Gasteiger charge is 2.42. The average Bonchev–Trinajstić information content (AvgIpc) is 2.69. The number of rotatable bonds is 3. The highest BCUT2D eigenvalue weighted by molar-refractivity contribution is 7.89. The molecule has 112 valence electrons. The molecule has 0 N–H and O–H groups in total. The van der Waals surface area contributed by atoms with E-state index in [-0.39, 0.29) is 0 Å². The van der Waals surface area contributed by atoms with E-state index in [2.05, 4.69) is 0 Å². The van der Waals surface area contributed by atoms with E-state index in [1.54, 1.807) is 13.8 Å². The summed E-state index contributed by atoms with van der Waals surface area (Å²) in [6.45, 7) is 3.92. The SMILES string of the molecule is CC1(C)CCCN1S(=O)(=O)c1ccc(F)c(CCl)c1F. The van der Waals surface area contributed by atoms with Crippen LogP contribution in [0, 0.1) is 11.6 Å². The molecule has 20 heavy (non-hydrogen) atoms. The first-order valence-corrected chi connectivity index (χ1v) is 8.25. The van der Waals surface area contributed by atoms with Crippen LogP contribution in [0.2, 0.25) is 0 Å². The standard InChI is InChI=1S/C13H16ClF2NO2S/c1-13(2)6-3-7-17(13)20(18,19)11-5-4-10(15)9(8-14)12(11)16/h4-5H,3,6-8H2,1-2H3. The van der Waals surface area contributed by atoms with Gasteiger partial charge in [-0.2, -0.15) is 4.31 Å². The van der Waals surface area contributed by atoms with Gasteiger partial charge in [0.25, 0.3) is 0 Å². The van der Waals surface area contributed by atoms with E-state index < -0.39 is 43.5 Å². The minimum absolute atomic E-state index is 0.336. The number of sulfonamides is 1. The topological polar surface area (TPSA) is 37.4 Å². The molecular formula is C13H16ClF2NO2S. The molecule has 0 aliphatic carbocycles. The number of halogens is 3. The highest BCUT2D eigenvalue weighted by atomic mass is 35.5. The first kappa shape index (κ1) is 15.7. The maximum absolute atomic E-state index is 14.2. The number of nitrogens with zero attached hydrogens (tertiary/aromatic N) is 1. The molecule has 1 aliphatic heterocycles. The van der Waals surface area contributed by atoms with E-state index in [1.165, 1.54) is 4.31 Å². The van der Waals surface area contributed by atoms with Gasteiger partial charge in [0.05, 0.1) is 5.88 Å². The Labute approximate surface area is 122 Å². The van der Waals surface area contributed by atoms with Crippen molar-refractivity contribution in [2.24, 2.45) is 0 Å². The molecule has 0 bridgehead atoms. The van der Waals surface area contributed by atoms with Gasteiger partial charge in [0, 0.05) is 17.6 Å². The van der Waals surface area contributed by atoms with E-state index in [0.29, 0.717) is 13.0 Å². The first-order valence-electron chi connectivity index (χ1n) is 6.27. The minimum atomic E-state index is -3.99. The first-order chi connectivity index (χ1) is 9.21. The lowest BCUT2D eigenvalue weighted by Gasteiger charge is -2.30. The van der Waals surface area contributed by atoms with Crippen LogP contribution in [-0.2, 0) is 15.9 Å². The van der Waals surface area contributed by atoms with Crippen molar-refractivity contribution in [1.82, 2.24) is 4.31 Å². The fraction of sp³-hybridized carbons (Fsp3) is 0.538. The lowest BCUT2D eigenvalue weighted by Crippen LogP contribution is -2.42. The Balaban J connectivity index is 2.56. The van der Waals surface area contributed by atoms with Crippen molar-refractivity contribution in [1.29, 1.82) is 0 Å². The predicted molar refractivity (Wildman–Crippen MR) is 73.1 cm³/mol. The van der Waals surface area contributed by atoms with Crippen LogP contribution in [0.3, 0.4) is 0 Å². The lowest BCUT2D eigenvalue weighted by molar-refractivity contribution is 0.290. The zero-order chi connectivity index (χ0) is 15.1. The lowest BCUT2D eigenvalue weighted by atomic mass is 10.0. The summed E-state index contributed by atoms with van der Waals surface area (Å²) in [6.07, 6.45) is 1.43. The molecule has 1 saturated heterocycles. The molecule has 1 heterocycles. The van der Waals surface area contributed by atoms with Crippen LogP contribution in [0.4, 0.5) is 8.78 Å². The summed E-state index contributed by atoms with van der Waals surface area (Å²) in [7, 11) is -3.99. The summed E-state index contributed by atoms with van der Waals surface area (Å²) in [6, 6.07) is 1.90. The second kappa shape index (κ2) is 5.24. The maximum Gasteiger partial charge on any atom is 0.246 e. The third-order valence-electron chi connectivity index (χ3n) is 3.68. The van der Waals surface area contributed by atoms with Crippen molar-refractivity contribution in [3.05, 3.63) is 29.3 Å². The van der Waals surface area contributed by atoms with Crippen molar-refractivity contribution in [2.45, 2.75) is 43.0 Å². The van der Waals surface area contributed by atoms with Crippen molar-refractivity contribution in [3.8, 4) is 0 Å². The van der Waals surface area contributed by atoms with Gasteiger partial charge in [-0.3, -0.25) is 0 Å². The highest BCUT2D eigenvalue weighted by Crippen LogP contribution is 2.35. The van der Waals surface area contributed by atoms with Crippen LogP contribution in [0.15, 0.2) is 17.0 Å². The molecule has 1 aromatic rings. The van der Waals surface area contributed by atoms with Gasteiger partial charge in [-0.05, 0) is 38.8 Å². The van der Waals surface area contributed by atoms with Crippen LogP contribution in [-0.4, -0.2) is 24.8 Å². The molecule has 0 radical (unpaired) electrons. The minimum Gasteiger partial charge on any atom is -0.207 e. The van der Waals surface area contributed by atoms with Gasteiger partial charge in [0.2, 0.25) is 10.0 Å². The second-order valence-electron chi connectivity index (χ2n) is 5.46. The number of benzene rings is 1. The molecule has 0 unspecified atom stereocenters. The fourth-order valence-electron chi connectivity index (χ4n) is 2.54. The Hall–Kier alpha value is -0.720. The molecule has 1 aliphatic rings. The van der Waals surface area contributed by atoms with Crippen molar-refractivity contribution in [2.75, 3.05) is 6.54 Å². The molecule has 3 nitrogen and oxygen atoms in total. The summed E-state index contributed by atoms with van der Waals surface area (Å²) in [5.74, 6) is -2.34. The molecule has 2 rings (SSSR count). The molecule has 1 fully saturated rings. The Kier molecular flexibility index (Phi) is 4.10. The summed E-state index contributed by atoms with van der Waals surface area (Å²) < 4.78 is 54.0. The number of hydrogen-bond donors (Lipinski definition) is 0. The van der Waals surface area contributed by atoms with E-state index in [9.17, 15) is 17.2 Å². The smallest absolute Gasteiger partial charge is 0.207 e. The van der Waals surface area contributed by atoms with Crippen LogP contribution in [0.5, 0.6) is 0 Å². The van der Waals surface area contributed by atoms with Crippen LogP contribution in [0.1, 0.15) is 32.3 Å². The summed E-state index contributed by atoms with van der Waals surface area (Å²) in [4.78, 5) is -0.510. The molecule has 0 amide bonds. The normalized spacial score (nSPS) is 19.4. The van der Waals surface area contributed by atoms with E-state index in [1.807, 2.05) is 0 Å². The van der Waals surface area contributed by atoms with Gasteiger partial charge in [-0.25, -0.2) is 17.2 Å². The molecular weight excluding hydrogens is 308 g/mol. The van der Waals surface area contributed by atoms with Gasteiger partial charge in [0.1, 0.15) is 10.7 Å². The molecule has 0 aromatic heterocycles. The third-order valence-corrected chi connectivity index (χ3v) is 6.07. The monoisotopic (exact) mass is 323 g/mol. The van der Waals surface area contributed by atoms with E-state index in [4.69, 9.17) is 11.6 Å². The Morgan fingerprint density at radius 3 is 2.50 bits per heavy atom. The zero-order valence-electron chi connectivity index (χ0n) is 11.3. The molecule has 1 aromatic carbocycles. The van der Waals surface area contributed by atoms with Gasteiger partial charge >= 0.3 is 0 Å². The van der Waals surface area contributed by atoms with Crippen molar-refractivity contribution >= 4 is 21.6 Å². The molecule has 7 heteroatoms. The molecule has 0 saturated carbocycles. The van der Waals surface area contributed by atoms with Gasteiger partial charge in [-0.15, -0.1) is 11.6 Å². The molecule has 0 atom stereocenters. The Morgan fingerprint density at radius 2 is 2.00 bits per heavy atom. The summed E-state index contributed by atoms with van der Waals surface area (Å²) >= 11 is 5.49. The zero-order valence-corrected chi connectivity index (χ0v) is 12.9. The van der Waals surface area contributed by atoms with Crippen LogP contribution < -0.4 is 0 Å². The van der Waals surface area contributed by atoms with Crippen LogP contribution >= 0.6 is 11.6 Å². The number of hydrogen-bond acceptors (Lipinski definition) is 2. The maximum atomic E-state index is 14.2. The largest absolute Gasteiger partial charge is 0.246 e. The molecule has 0 spiro atoms. The van der Waals surface area contributed by atoms with Gasteiger partial charge in [0.15, 0.2) is 5.82 Å². The average molecular weight is 324 g/mol. The summed E-state index contributed by atoms with van der Waals surface area (Å²) in [5.41, 5.74) is -0.981. The fourth-order valence-corrected chi connectivity index (χ4v) is 4.73. The van der Waals surface area contributed by atoms with Crippen LogP contribution in [0.25, 0.3) is 0 Å². The Bertz CT molecular complexity index is 632. The quantitative estimate of drug-likeness (QED) is 0.801. The number of alkyl halides is 1. The van der Waals surface area contributed by atoms with Gasteiger partial charge < -0.3 is 0 Å². The predicted octanol–water partition coefficient (Wildman–Crippen LogP) is 3.27.